The molecule has 0 aromatic carbocycles. The lowest BCUT2D eigenvalue weighted by atomic mass is 10.0. The van der Waals surface area contributed by atoms with Gasteiger partial charge in [-0.2, -0.15) is 0 Å². The van der Waals surface area contributed by atoms with Crippen molar-refractivity contribution in [3.05, 3.63) is 24.5 Å². The van der Waals surface area contributed by atoms with E-state index in [0.29, 0.717) is 0 Å². The minimum atomic E-state index is -0.0214. The molecule has 2 rings (SSSR count). The Labute approximate surface area is 95.7 Å². The molecule has 1 amide bonds. The number of hydrogen-bond donors (Lipinski definition) is 1. The number of carbonyl (C=O) groups excluding carboxylic acids is 1. The van der Waals surface area contributed by atoms with E-state index in [0.717, 1.165) is 25.1 Å². The van der Waals surface area contributed by atoms with Crippen molar-refractivity contribution in [2.45, 2.75) is 25.3 Å². The topological polar surface area (TPSA) is 45.2 Å². The van der Waals surface area contributed by atoms with E-state index >= 15 is 0 Å². The second-order valence-electron chi connectivity index (χ2n) is 4.11. The predicted molar refractivity (Wildman–Crippen MR) is 63.3 cm³/mol. The molecule has 1 aliphatic heterocycles. The summed E-state index contributed by atoms with van der Waals surface area (Å²) in [6, 6.07) is 3.67. The molecule has 1 saturated heterocycles. The van der Waals surface area contributed by atoms with Crippen molar-refractivity contribution >= 4 is 11.6 Å². The first-order valence-electron chi connectivity index (χ1n) is 5.70. The first kappa shape index (κ1) is 11.1. The summed E-state index contributed by atoms with van der Waals surface area (Å²) in [7, 11) is 1.81. The molecule has 1 N–H and O–H groups in total. The molecule has 2 heterocycles. The molecule has 1 aliphatic rings. The quantitative estimate of drug-likeness (QED) is 0.812. The smallest absolute Gasteiger partial charge is 0.243 e. The Kier molecular flexibility index (Phi) is 3.51. The van der Waals surface area contributed by atoms with Crippen molar-refractivity contribution in [2.75, 3.05) is 18.5 Å². The molecule has 1 aromatic rings. The molecular formula is C12H17N3O. The Morgan fingerprint density at radius 1 is 1.44 bits per heavy atom. The second-order valence-corrected chi connectivity index (χ2v) is 4.11. The molecule has 0 aliphatic carbocycles. The zero-order valence-electron chi connectivity index (χ0n) is 9.52. The highest BCUT2D eigenvalue weighted by Gasteiger charge is 2.24. The molecule has 0 spiro atoms. The second kappa shape index (κ2) is 5.07. The summed E-state index contributed by atoms with van der Waals surface area (Å²) in [5.74, 6) is 0.144. The molecule has 1 atom stereocenters. The number of nitrogens with zero attached hydrogens (tertiary/aromatic N) is 2. The predicted octanol–water partition coefficient (Wildman–Crippen LogP) is 1.19. The molecule has 1 aromatic heterocycles. The fourth-order valence-corrected chi connectivity index (χ4v) is 1.99. The van der Waals surface area contributed by atoms with Crippen molar-refractivity contribution in [1.82, 2.24) is 10.3 Å². The zero-order chi connectivity index (χ0) is 11.4. The van der Waals surface area contributed by atoms with E-state index in [4.69, 9.17) is 0 Å². The average Bonchev–Trinajstić information content (AvgIpc) is 2.39. The maximum atomic E-state index is 12.1. The fourth-order valence-electron chi connectivity index (χ4n) is 1.99. The van der Waals surface area contributed by atoms with Crippen LogP contribution < -0.4 is 10.2 Å². The van der Waals surface area contributed by atoms with Crippen LogP contribution in [0.25, 0.3) is 0 Å². The van der Waals surface area contributed by atoms with Crippen LogP contribution in [0.15, 0.2) is 24.5 Å². The lowest BCUT2D eigenvalue weighted by Gasteiger charge is -2.27. The standard InChI is InChI=1S/C12H17N3O/c1-15(10-5-8-13-9-6-10)12(16)11-4-2-3-7-14-11/h5-6,8-9,11,14H,2-4,7H2,1H3. The lowest BCUT2D eigenvalue weighted by Crippen LogP contribution is -2.47. The number of pyridine rings is 1. The Bertz CT molecular complexity index is 347. The van der Waals surface area contributed by atoms with Crippen LogP contribution in [0, 0.1) is 0 Å². The van der Waals surface area contributed by atoms with Crippen LogP contribution in [0.1, 0.15) is 19.3 Å². The van der Waals surface area contributed by atoms with Crippen molar-refractivity contribution in [3.63, 3.8) is 0 Å². The lowest BCUT2D eigenvalue weighted by molar-refractivity contribution is -0.120. The zero-order valence-corrected chi connectivity index (χ0v) is 9.52. The Morgan fingerprint density at radius 2 is 2.19 bits per heavy atom. The third-order valence-corrected chi connectivity index (χ3v) is 2.99. The first-order valence-corrected chi connectivity index (χ1v) is 5.70. The number of carbonyl (C=O) groups is 1. The third kappa shape index (κ3) is 2.39. The van der Waals surface area contributed by atoms with Gasteiger partial charge in [0.2, 0.25) is 5.91 Å². The monoisotopic (exact) mass is 219 g/mol. The van der Waals surface area contributed by atoms with Gasteiger partial charge in [0.1, 0.15) is 0 Å². The van der Waals surface area contributed by atoms with Gasteiger partial charge in [-0.15, -0.1) is 0 Å². The van der Waals surface area contributed by atoms with E-state index in [1.165, 1.54) is 6.42 Å². The summed E-state index contributed by atoms with van der Waals surface area (Å²) in [6.45, 7) is 0.945. The summed E-state index contributed by atoms with van der Waals surface area (Å²) in [5.41, 5.74) is 0.896. The van der Waals surface area contributed by atoms with Gasteiger partial charge in [0, 0.05) is 25.1 Å². The largest absolute Gasteiger partial charge is 0.314 e. The highest BCUT2D eigenvalue weighted by atomic mass is 16.2. The summed E-state index contributed by atoms with van der Waals surface area (Å²) in [5, 5.41) is 3.26. The van der Waals surface area contributed by atoms with Crippen molar-refractivity contribution in [3.8, 4) is 0 Å². The van der Waals surface area contributed by atoms with Gasteiger partial charge in [0.15, 0.2) is 0 Å². The maximum absolute atomic E-state index is 12.1. The van der Waals surface area contributed by atoms with E-state index in [1.807, 2.05) is 19.2 Å². The molecule has 1 fully saturated rings. The van der Waals surface area contributed by atoms with Gasteiger partial charge < -0.3 is 10.2 Å². The van der Waals surface area contributed by atoms with Crippen LogP contribution in [-0.2, 0) is 4.79 Å². The van der Waals surface area contributed by atoms with Gasteiger partial charge in [-0.1, -0.05) is 6.42 Å². The molecule has 1 unspecified atom stereocenters. The number of amides is 1. The molecule has 0 bridgehead atoms. The Balaban J connectivity index is 2.04. The molecule has 86 valence electrons. The highest BCUT2D eigenvalue weighted by molar-refractivity contribution is 5.96. The first-order chi connectivity index (χ1) is 7.79. The number of nitrogens with one attached hydrogen (secondary N) is 1. The van der Waals surface area contributed by atoms with E-state index in [2.05, 4.69) is 10.3 Å². The van der Waals surface area contributed by atoms with Gasteiger partial charge >= 0.3 is 0 Å². The number of hydrogen-bond acceptors (Lipinski definition) is 3. The fraction of sp³-hybridized carbons (Fsp3) is 0.500. The number of likely N-dealkylation sites (N-methyl/N-ethyl adjacent to an activating group) is 1. The van der Waals surface area contributed by atoms with E-state index in [1.54, 1.807) is 17.3 Å². The van der Waals surface area contributed by atoms with Gasteiger partial charge in [-0.3, -0.25) is 9.78 Å². The van der Waals surface area contributed by atoms with Crippen molar-refractivity contribution in [1.29, 1.82) is 0 Å². The Hall–Kier alpha value is -1.42. The molecule has 0 saturated carbocycles. The average molecular weight is 219 g/mol. The number of rotatable bonds is 2. The summed E-state index contributed by atoms with van der Waals surface area (Å²) < 4.78 is 0. The third-order valence-electron chi connectivity index (χ3n) is 2.99. The maximum Gasteiger partial charge on any atom is 0.243 e. The van der Waals surface area contributed by atoms with Crippen LogP contribution in [0.3, 0.4) is 0 Å². The molecule has 4 heteroatoms. The molecule has 16 heavy (non-hydrogen) atoms. The normalized spacial score (nSPS) is 20.4. The summed E-state index contributed by atoms with van der Waals surface area (Å²) in [4.78, 5) is 17.8. The van der Waals surface area contributed by atoms with Gasteiger partial charge in [-0.05, 0) is 31.5 Å². The molecule has 0 radical (unpaired) electrons. The van der Waals surface area contributed by atoms with E-state index < -0.39 is 0 Å². The Morgan fingerprint density at radius 3 is 2.81 bits per heavy atom. The van der Waals surface area contributed by atoms with Crippen LogP contribution in [0.5, 0.6) is 0 Å². The van der Waals surface area contributed by atoms with E-state index in [9.17, 15) is 4.79 Å². The van der Waals surface area contributed by atoms with Crippen LogP contribution >= 0.6 is 0 Å². The van der Waals surface area contributed by atoms with Crippen LogP contribution in [0.2, 0.25) is 0 Å². The highest BCUT2D eigenvalue weighted by Crippen LogP contribution is 2.15. The SMILES string of the molecule is CN(C(=O)C1CCCCN1)c1ccncc1. The number of piperidine rings is 1. The van der Waals surface area contributed by atoms with Gasteiger partial charge in [0.25, 0.3) is 0 Å². The van der Waals surface area contributed by atoms with Crippen LogP contribution in [-0.4, -0.2) is 30.5 Å². The molecule has 4 nitrogen and oxygen atoms in total. The van der Waals surface area contributed by atoms with Crippen LogP contribution in [0.4, 0.5) is 5.69 Å². The van der Waals surface area contributed by atoms with E-state index in [-0.39, 0.29) is 11.9 Å². The summed E-state index contributed by atoms with van der Waals surface area (Å²) >= 11 is 0. The van der Waals surface area contributed by atoms with Gasteiger partial charge in [-0.25, -0.2) is 0 Å². The summed E-state index contributed by atoms with van der Waals surface area (Å²) in [6.07, 6.45) is 6.64. The molecular weight excluding hydrogens is 202 g/mol. The number of anilines is 1. The van der Waals surface area contributed by atoms with Crippen molar-refractivity contribution in [2.24, 2.45) is 0 Å². The van der Waals surface area contributed by atoms with Gasteiger partial charge in [0.05, 0.1) is 6.04 Å². The minimum Gasteiger partial charge on any atom is -0.314 e. The van der Waals surface area contributed by atoms with Crippen molar-refractivity contribution < 1.29 is 4.79 Å². The minimum absolute atomic E-state index is 0.0214. The number of aromatic nitrogens is 1.